The van der Waals surface area contributed by atoms with Gasteiger partial charge < -0.3 is 25.0 Å². The lowest BCUT2D eigenvalue weighted by molar-refractivity contribution is 0.00458. The largest absolute Gasteiger partial charge is 0.444 e. The number of hydrogen-bond acceptors (Lipinski definition) is 7. The van der Waals surface area contributed by atoms with Crippen LogP contribution in [0.5, 0.6) is 0 Å². The molecule has 2 aliphatic rings. The van der Waals surface area contributed by atoms with Crippen LogP contribution in [0.2, 0.25) is 0 Å². The van der Waals surface area contributed by atoms with E-state index in [-0.39, 0.29) is 37.8 Å². The van der Waals surface area contributed by atoms with E-state index in [0.29, 0.717) is 13.1 Å². The van der Waals surface area contributed by atoms with Gasteiger partial charge in [0.25, 0.3) is 0 Å². The monoisotopic (exact) mass is 551 g/mol. The van der Waals surface area contributed by atoms with Crippen molar-refractivity contribution in [1.29, 1.82) is 0 Å². The Balaban J connectivity index is 0.00000507. The smallest absolute Gasteiger partial charge is 0.410 e. The number of unbranched alkanes of at least 4 members (excludes halogenated alkanes) is 1. The van der Waals surface area contributed by atoms with Gasteiger partial charge in [0.05, 0.1) is 17.8 Å². The SMILES string of the molecule is CC(C)(C)OC(=O)NCCCCN(C[C@@H]1CNCCN1C(=O)OC(C)(C)C)[C@H]1CCCc2cccnc21.S. The lowest BCUT2D eigenvalue weighted by atomic mass is 9.90. The van der Waals surface area contributed by atoms with Crippen LogP contribution >= 0.6 is 13.5 Å². The van der Waals surface area contributed by atoms with Crippen molar-refractivity contribution in [1.82, 2.24) is 25.4 Å². The first kappa shape index (κ1) is 32.2. The maximum absolute atomic E-state index is 13.0. The Morgan fingerprint density at radius 1 is 1.16 bits per heavy atom. The molecular formula is C28H49N5O4S. The van der Waals surface area contributed by atoms with E-state index in [0.717, 1.165) is 64.0 Å². The van der Waals surface area contributed by atoms with Crippen molar-refractivity contribution in [2.75, 3.05) is 39.3 Å². The summed E-state index contributed by atoms with van der Waals surface area (Å²) in [6.07, 6.45) is 6.25. The van der Waals surface area contributed by atoms with Crippen LogP contribution in [-0.2, 0) is 15.9 Å². The molecule has 1 fully saturated rings. The van der Waals surface area contributed by atoms with Crippen LogP contribution in [0.15, 0.2) is 18.3 Å². The molecule has 0 radical (unpaired) electrons. The molecule has 0 spiro atoms. The van der Waals surface area contributed by atoms with Crippen LogP contribution in [0.25, 0.3) is 0 Å². The number of pyridine rings is 1. The number of piperazine rings is 1. The molecule has 2 atom stereocenters. The van der Waals surface area contributed by atoms with Crippen LogP contribution in [0, 0.1) is 0 Å². The molecule has 10 heteroatoms. The summed E-state index contributed by atoms with van der Waals surface area (Å²) in [5, 5.41) is 6.33. The zero-order valence-electron chi connectivity index (χ0n) is 24.1. The average Bonchev–Trinajstić information content (AvgIpc) is 2.81. The second-order valence-electron chi connectivity index (χ2n) is 12.1. The molecule has 9 nitrogen and oxygen atoms in total. The molecule has 0 aromatic carbocycles. The van der Waals surface area contributed by atoms with Gasteiger partial charge in [-0.3, -0.25) is 9.88 Å². The standard InChI is InChI=1S/C28H47N5O4.H2S/c1-27(2,3)36-25(34)31-14-7-8-17-32(23-13-9-11-21-12-10-15-30-24(21)23)20-22-19-29-16-18-33(22)26(35)37-28(4,5)6;/h10,12,15,22-23,29H,7-9,11,13-14,16-20H2,1-6H3,(H,31,34);1H2/t22-,23-;/m0./s1. The molecule has 1 aliphatic carbocycles. The number of nitrogens with one attached hydrogen (secondary N) is 2. The third-order valence-electron chi connectivity index (χ3n) is 6.57. The number of carbonyl (C=O) groups is 2. The van der Waals surface area contributed by atoms with Gasteiger partial charge >= 0.3 is 12.2 Å². The van der Waals surface area contributed by atoms with Crippen LogP contribution in [-0.4, -0.2) is 83.5 Å². The Kier molecular flexibility index (Phi) is 12.2. The number of fused-ring (bicyclic) bond motifs is 1. The van der Waals surface area contributed by atoms with E-state index in [1.807, 2.05) is 58.7 Å². The number of nitrogens with zero attached hydrogens (tertiary/aromatic N) is 3. The average molecular weight is 552 g/mol. The first-order chi connectivity index (χ1) is 17.4. The van der Waals surface area contributed by atoms with Crippen molar-refractivity contribution in [3.8, 4) is 0 Å². The van der Waals surface area contributed by atoms with Crippen molar-refractivity contribution in [3.05, 3.63) is 29.6 Å². The first-order valence-electron chi connectivity index (χ1n) is 13.8. The normalized spacial score (nSPS) is 19.8. The fourth-order valence-electron chi connectivity index (χ4n) is 5.01. The summed E-state index contributed by atoms with van der Waals surface area (Å²) >= 11 is 0. The van der Waals surface area contributed by atoms with Crippen LogP contribution in [0.4, 0.5) is 9.59 Å². The Bertz CT molecular complexity index is 902. The molecule has 0 saturated carbocycles. The molecule has 1 aromatic heterocycles. The second-order valence-corrected chi connectivity index (χ2v) is 12.1. The van der Waals surface area contributed by atoms with Crippen molar-refractivity contribution >= 4 is 25.7 Å². The molecule has 1 saturated heterocycles. The molecule has 1 aliphatic heterocycles. The summed E-state index contributed by atoms with van der Waals surface area (Å²) in [6.45, 7) is 15.6. The van der Waals surface area contributed by atoms with Crippen LogP contribution < -0.4 is 10.6 Å². The molecule has 2 N–H and O–H groups in total. The van der Waals surface area contributed by atoms with Crippen molar-refractivity contribution in [2.45, 2.75) is 96.9 Å². The topological polar surface area (TPSA) is 96.0 Å². The number of hydrogen-bond donors (Lipinski definition) is 2. The molecule has 3 rings (SSSR count). The zero-order valence-corrected chi connectivity index (χ0v) is 25.1. The summed E-state index contributed by atoms with van der Waals surface area (Å²) < 4.78 is 11.1. The Labute approximate surface area is 235 Å². The fourth-order valence-corrected chi connectivity index (χ4v) is 5.01. The van der Waals surface area contributed by atoms with Gasteiger partial charge in [-0.2, -0.15) is 13.5 Å². The van der Waals surface area contributed by atoms with E-state index in [1.54, 1.807) is 0 Å². The van der Waals surface area contributed by atoms with Crippen LogP contribution in [0.3, 0.4) is 0 Å². The van der Waals surface area contributed by atoms with Crippen molar-refractivity contribution < 1.29 is 19.1 Å². The fraction of sp³-hybridized carbons (Fsp3) is 0.750. The highest BCUT2D eigenvalue weighted by molar-refractivity contribution is 7.59. The Hall–Kier alpha value is -2.04. The molecule has 1 aromatic rings. The molecular weight excluding hydrogens is 502 g/mol. The maximum atomic E-state index is 13.0. The number of aromatic nitrogens is 1. The van der Waals surface area contributed by atoms with Gasteiger partial charge in [0.1, 0.15) is 11.2 Å². The number of aryl methyl sites for hydroxylation is 1. The molecule has 38 heavy (non-hydrogen) atoms. The molecule has 2 heterocycles. The quantitative estimate of drug-likeness (QED) is 0.463. The summed E-state index contributed by atoms with van der Waals surface area (Å²) in [7, 11) is 0. The third kappa shape index (κ3) is 10.3. The number of alkyl carbamates (subject to hydrolysis) is 1. The minimum absolute atomic E-state index is 0. The van der Waals surface area contributed by atoms with E-state index in [4.69, 9.17) is 14.5 Å². The second kappa shape index (κ2) is 14.4. The number of rotatable bonds is 8. The van der Waals surface area contributed by atoms with Gasteiger partial charge in [-0.25, -0.2) is 9.59 Å². The predicted molar refractivity (Wildman–Crippen MR) is 155 cm³/mol. The Morgan fingerprint density at radius 2 is 1.89 bits per heavy atom. The van der Waals surface area contributed by atoms with E-state index in [1.165, 1.54) is 5.56 Å². The van der Waals surface area contributed by atoms with Gasteiger partial charge in [0, 0.05) is 38.9 Å². The van der Waals surface area contributed by atoms with Crippen molar-refractivity contribution in [3.63, 3.8) is 0 Å². The Morgan fingerprint density at radius 3 is 2.61 bits per heavy atom. The summed E-state index contributed by atoms with van der Waals surface area (Å²) in [4.78, 5) is 34.2. The minimum Gasteiger partial charge on any atom is -0.444 e. The maximum Gasteiger partial charge on any atom is 0.410 e. The highest BCUT2D eigenvalue weighted by atomic mass is 32.1. The highest BCUT2D eigenvalue weighted by Crippen LogP contribution is 2.33. The number of amides is 2. The summed E-state index contributed by atoms with van der Waals surface area (Å²) in [5.74, 6) is 0. The minimum atomic E-state index is -0.528. The first-order valence-corrected chi connectivity index (χ1v) is 13.8. The van der Waals surface area contributed by atoms with Crippen LogP contribution in [0.1, 0.15) is 84.5 Å². The van der Waals surface area contributed by atoms with E-state index >= 15 is 0 Å². The molecule has 0 unspecified atom stereocenters. The summed E-state index contributed by atoms with van der Waals surface area (Å²) in [6, 6.07) is 4.43. The van der Waals surface area contributed by atoms with Gasteiger partial charge in [-0.15, -0.1) is 0 Å². The highest BCUT2D eigenvalue weighted by Gasteiger charge is 2.34. The van der Waals surface area contributed by atoms with E-state index < -0.39 is 11.2 Å². The van der Waals surface area contributed by atoms with Gasteiger partial charge in [-0.05, 0) is 91.8 Å². The third-order valence-corrected chi connectivity index (χ3v) is 6.57. The van der Waals surface area contributed by atoms with E-state index in [2.05, 4.69) is 21.6 Å². The molecule has 0 bridgehead atoms. The zero-order chi connectivity index (χ0) is 27.1. The predicted octanol–water partition coefficient (Wildman–Crippen LogP) is 4.39. The lowest BCUT2D eigenvalue weighted by Crippen LogP contribution is -2.58. The molecule has 216 valence electrons. The van der Waals surface area contributed by atoms with Gasteiger partial charge in [0.15, 0.2) is 0 Å². The lowest BCUT2D eigenvalue weighted by Gasteiger charge is -2.42. The number of carbonyl (C=O) groups excluding carboxylic acids is 2. The van der Waals surface area contributed by atoms with Gasteiger partial charge in [-0.1, -0.05) is 6.07 Å². The van der Waals surface area contributed by atoms with E-state index in [9.17, 15) is 9.59 Å². The van der Waals surface area contributed by atoms with Crippen molar-refractivity contribution in [2.24, 2.45) is 0 Å². The van der Waals surface area contributed by atoms with Gasteiger partial charge in [0.2, 0.25) is 0 Å². The number of ether oxygens (including phenoxy) is 2. The molecule has 2 amide bonds. The summed E-state index contributed by atoms with van der Waals surface area (Å²) in [5.41, 5.74) is 1.45.